The fourth-order valence-corrected chi connectivity index (χ4v) is 10.7. The molecule has 4 aliphatic heterocycles. The molecule has 1 aliphatic carbocycles. The van der Waals surface area contributed by atoms with E-state index in [1.54, 1.807) is 4.90 Å². The number of nitrogens with one attached hydrogen (secondary N) is 1. The molecule has 3 saturated heterocycles. The molecule has 0 aromatic heterocycles. The van der Waals surface area contributed by atoms with Crippen molar-refractivity contribution in [2.24, 2.45) is 0 Å². The fourth-order valence-electron chi connectivity index (χ4n) is 10.7. The van der Waals surface area contributed by atoms with Gasteiger partial charge in [-0.2, -0.15) is 0 Å². The van der Waals surface area contributed by atoms with E-state index >= 15 is 0 Å². The molecule has 10 rings (SSSR count). The third kappa shape index (κ3) is 8.84. The van der Waals surface area contributed by atoms with Crippen LogP contribution in [0.2, 0.25) is 0 Å². The van der Waals surface area contributed by atoms with Crippen LogP contribution in [0.15, 0.2) is 121 Å². The Labute approximate surface area is 370 Å². The minimum atomic E-state index is -0.605. The van der Waals surface area contributed by atoms with E-state index in [0.717, 1.165) is 94.2 Å². The van der Waals surface area contributed by atoms with E-state index in [2.05, 4.69) is 118 Å². The van der Waals surface area contributed by atoms with Gasteiger partial charge in [-0.15, -0.1) is 0 Å². The molecule has 1 N–H and O–H groups in total. The maximum absolute atomic E-state index is 13.2. The Morgan fingerprint density at radius 3 is 2.30 bits per heavy atom. The van der Waals surface area contributed by atoms with Gasteiger partial charge < -0.3 is 24.0 Å². The van der Waals surface area contributed by atoms with Gasteiger partial charge in [-0.05, 0) is 120 Å². The molecule has 4 heterocycles. The van der Waals surface area contributed by atoms with E-state index in [0.29, 0.717) is 37.7 Å². The average Bonchev–Trinajstić information content (AvgIpc) is 3.65. The number of fused-ring (bicyclic) bond motifs is 2. The number of amides is 3. The second kappa shape index (κ2) is 18.0. The maximum Gasteiger partial charge on any atom is 0.255 e. The minimum Gasteiger partial charge on any atom is -0.494 e. The fraction of sp³-hybridized carbons (Fsp3) is 0.377. The molecule has 324 valence electrons. The van der Waals surface area contributed by atoms with Gasteiger partial charge in [0.2, 0.25) is 11.8 Å². The number of anilines is 1. The number of ether oxygens (including phenoxy) is 3. The topological polar surface area (TPSA) is 101 Å². The number of nitrogens with zero attached hydrogens (tertiary/aromatic N) is 3. The van der Waals surface area contributed by atoms with Crippen LogP contribution >= 0.6 is 0 Å². The molecule has 3 atom stereocenters. The standard InChI is InChI=1S/C53H56N4O6/c58-49-23-22-48(51(59)54-49)57-34-41-32-42(15-20-47(41)52(57)60)56-27-24-53(25-28-56)36-55(29-31-63-53)26-7-30-61-43-16-12-39(13-17-43)50-45(38-10-5-2-6-11-38)19-14-40-33-44(18-21-46(40)50)62-35-37-8-3-1-4-9-37/h1-6,8-13,15-18,20-21,32-33,45,48,50H,7,14,19,22-31,34-36H2,(H,54,58,59)/t45-,48?,50?/m1/s1. The molecular weight excluding hydrogens is 789 g/mol. The molecule has 63 heavy (non-hydrogen) atoms. The lowest BCUT2D eigenvalue weighted by Crippen LogP contribution is -2.57. The molecule has 3 fully saturated rings. The molecule has 10 heteroatoms. The summed E-state index contributed by atoms with van der Waals surface area (Å²) in [6.07, 6.45) is 5.53. The molecule has 5 aliphatic rings. The quantitative estimate of drug-likeness (QED) is 0.0997. The van der Waals surface area contributed by atoms with Crippen LogP contribution in [0, 0.1) is 0 Å². The number of piperidine rings is 2. The molecule has 5 aromatic rings. The second-order valence-corrected chi connectivity index (χ2v) is 18.0. The Morgan fingerprint density at radius 1 is 0.730 bits per heavy atom. The summed E-state index contributed by atoms with van der Waals surface area (Å²) in [7, 11) is 0. The van der Waals surface area contributed by atoms with Gasteiger partial charge in [-0.1, -0.05) is 78.9 Å². The van der Waals surface area contributed by atoms with Crippen LogP contribution in [-0.2, 0) is 33.9 Å². The van der Waals surface area contributed by atoms with E-state index in [9.17, 15) is 14.4 Å². The van der Waals surface area contributed by atoms with E-state index in [4.69, 9.17) is 14.2 Å². The van der Waals surface area contributed by atoms with Crippen molar-refractivity contribution in [1.82, 2.24) is 15.1 Å². The van der Waals surface area contributed by atoms with Gasteiger partial charge in [0.1, 0.15) is 24.1 Å². The highest BCUT2D eigenvalue weighted by Crippen LogP contribution is 2.47. The molecule has 1 spiro atoms. The SMILES string of the molecule is O=C1CCC(N2Cc3cc(N4CCC5(CC4)CN(CCCOc4ccc(C6c7ccc(OCc8ccccc8)cc7CC[C@@H]6c6ccccc6)cc4)CCO5)ccc3C2=O)C(=O)N1. The molecule has 0 bridgehead atoms. The van der Waals surface area contributed by atoms with Crippen molar-refractivity contribution in [3.8, 4) is 11.5 Å². The Hall–Kier alpha value is -5.97. The zero-order valence-electron chi connectivity index (χ0n) is 35.9. The van der Waals surface area contributed by atoms with Gasteiger partial charge in [0, 0.05) is 62.9 Å². The van der Waals surface area contributed by atoms with E-state index in [-0.39, 0.29) is 35.7 Å². The van der Waals surface area contributed by atoms with Gasteiger partial charge in [0.15, 0.2) is 0 Å². The largest absolute Gasteiger partial charge is 0.494 e. The van der Waals surface area contributed by atoms with Gasteiger partial charge in [0.25, 0.3) is 5.91 Å². The van der Waals surface area contributed by atoms with Crippen molar-refractivity contribution in [2.75, 3.05) is 50.8 Å². The summed E-state index contributed by atoms with van der Waals surface area (Å²) in [6.45, 7) is 6.89. The van der Waals surface area contributed by atoms with E-state index in [1.165, 1.54) is 27.8 Å². The number of rotatable bonds is 12. The Morgan fingerprint density at radius 2 is 1.51 bits per heavy atom. The van der Waals surface area contributed by atoms with Crippen LogP contribution in [0.1, 0.15) is 94.1 Å². The van der Waals surface area contributed by atoms with Crippen molar-refractivity contribution in [1.29, 1.82) is 0 Å². The zero-order valence-corrected chi connectivity index (χ0v) is 35.9. The maximum atomic E-state index is 13.2. The highest BCUT2D eigenvalue weighted by atomic mass is 16.5. The Bertz CT molecular complexity index is 2430. The second-order valence-electron chi connectivity index (χ2n) is 18.0. The van der Waals surface area contributed by atoms with Crippen molar-refractivity contribution in [3.05, 3.63) is 160 Å². The highest BCUT2D eigenvalue weighted by molar-refractivity contribution is 6.05. The summed E-state index contributed by atoms with van der Waals surface area (Å²) in [5.74, 6) is 1.66. The summed E-state index contributed by atoms with van der Waals surface area (Å²) < 4.78 is 19.1. The number of carbonyl (C=O) groups is 3. The first-order chi connectivity index (χ1) is 30.9. The van der Waals surface area contributed by atoms with Crippen LogP contribution in [0.3, 0.4) is 0 Å². The van der Waals surface area contributed by atoms with Crippen LogP contribution in [0.4, 0.5) is 5.69 Å². The molecule has 3 amide bonds. The number of imide groups is 1. The van der Waals surface area contributed by atoms with Gasteiger partial charge in [0.05, 0.1) is 18.8 Å². The molecule has 0 saturated carbocycles. The summed E-state index contributed by atoms with van der Waals surface area (Å²) in [5, 5.41) is 2.39. The summed E-state index contributed by atoms with van der Waals surface area (Å²) >= 11 is 0. The number of hydrogen-bond acceptors (Lipinski definition) is 8. The summed E-state index contributed by atoms with van der Waals surface area (Å²) in [6, 6.07) is 42.2. The van der Waals surface area contributed by atoms with Crippen molar-refractivity contribution in [3.63, 3.8) is 0 Å². The first kappa shape index (κ1) is 41.1. The molecule has 10 nitrogen and oxygen atoms in total. The number of hydrogen-bond donors (Lipinski definition) is 1. The number of morpholine rings is 1. The van der Waals surface area contributed by atoms with Crippen LogP contribution in [0.5, 0.6) is 11.5 Å². The van der Waals surface area contributed by atoms with Gasteiger partial charge in [-0.25, -0.2) is 0 Å². The van der Waals surface area contributed by atoms with Crippen LogP contribution in [-0.4, -0.2) is 85.1 Å². The molecule has 0 radical (unpaired) electrons. The zero-order chi connectivity index (χ0) is 42.8. The predicted octanol–water partition coefficient (Wildman–Crippen LogP) is 8.03. The number of benzene rings is 5. The molecular formula is C53H56N4O6. The minimum absolute atomic E-state index is 0.137. The van der Waals surface area contributed by atoms with Crippen molar-refractivity contribution >= 4 is 23.4 Å². The monoisotopic (exact) mass is 844 g/mol. The average molecular weight is 845 g/mol. The lowest BCUT2D eigenvalue weighted by atomic mass is 9.69. The summed E-state index contributed by atoms with van der Waals surface area (Å²) in [5.41, 5.74) is 9.12. The lowest BCUT2D eigenvalue weighted by molar-refractivity contribution is -0.136. The van der Waals surface area contributed by atoms with Gasteiger partial charge in [-0.3, -0.25) is 24.6 Å². The Kier molecular flexibility index (Phi) is 11.7. The van der Waals surface area contributed by atoms with Gasteiger partial charge >= 0.3 is 0 Å². The smallest absolute Gasteiger partial charge is 0.255 e. The van der Waals surface area contributed by atoms with Crippen LogP contribution in [0.25, 0.3) is 0 Å². The van der Waals surface area contributed by atoms with E-state index in [1.807, 2.05) is 18.2 Å². The van der Waals surface area contributed by atoms with E-state index < -0.39 is 6.04 Å². The van der Waals surface area contributed by atoms with Crippen LogP contribution < -0.4 is 19.7 Å². The first-order valence-electron chi connectivity index (χ1n) is 22.8. The van der Waals surface area contributed by atoms with Crippen molar-refractivity contribution < 1.29 is 28.6 Å². The normalized spacial score (nSPS) is 22.1. The predicted molar refractivity (Wildman–Crippen MR) is 242 cm³/mol. The molecule has 2 unspecified atom stereocenters. The molecule has 5 aromatic carbocycles. The summed E-state index contributed by atoms with van der Waals surface area (Å²) in [4.78, 5) is 44.0. The lowest BCUT2D eigenvalue weighted by Gasteiger charge is -2.48. The Balaban J connectivity index is 0.719. The first-order valence-corrected chi connectivity index (χ1v) is 22.8. The highest BCUT2D eigenvalue weighted by Gasteiger charge is 2.42. The number of carbonyl (C=O) groups excluding carboxylic acids is 3. The third-order valence-corrected chi connectivity index (χ3v) is 14.1. The van der Waals surface area contributed by atoms with Crippen molar-refractivity contribution in [2.45, 2.75) is 81.6 Å². The number of aryl methyl sites for hydroxylation is 1. The third-order valence-electron chi connectivity index (χ3n) is 14.1.